The lowest BCUT2D eigenvalue weighted by Gasteiger charge is -1.81. The topological polar surface area (TPSA) is 68.3 Å². The molecule has 0 heterocycles. The van der Waals surface area contributed by atoms with Gasteiger partial charge in [0.2, 0.25) is 0 Å². The third kappa shape index (κ3) is 22.4. The molecule has 0 aromatic carbocycles. The lowest BCUT2D eigenvalue weighted by Crippen LogP contribution is -1.97. The molecule has 0 saturated carbocycles. The number of Topliss-reactive ketones (excluding diaryl/α,β-unsaturated/α-hetero) is 4. The van der Waals surface area contributed by atoms with Gasteiger partial charge in [0.15, 0.2) is 0 Å². The van der Waals surface area contributed by atoms with Gasteiger partial charge in [-0.1, -0.05) is 0 Å². The first-order valence-electron chi connectivity index (χ1n) is 4.23. The van der Waals surface area contributed by atoms with Crippen LogP contribution in [-0.4, -0.2) is 23.1 Å². The van der Waals surface area contributed by atoms with Crippen molar-refractivity contribution in [2.45, 2.75) is 40.5 Å². The Balaban J connectivity index is 0. The van der Waals surface area contributed by atoms with E-state index in [0.29, 0.717) is 0 Å². The smallest absolute Gasteiger partial charge is 0.137 e. The standard InChI is InChI=1S/2C5H8O2/c2*1-4(6)3-5(2)7/h2*3H2,1-2H3. The highest BCUT2D eigenvalue weighted by molar-refractivity contribution is 5.97. The van der Waals surface area contributed by atoms with Gasteiger partial charge in [-0.05, 0) is 27.7 Å². The van der Waals surface area contributed by atoms with E-state index in [2.05, 4.69) is 0 Å². The number of hydrogen-bond donors (Lipinski definition) is 0. The Morgan fingerprint density at radius 1 is 0.571 bits per heavy atom. The maximum atomic E-state index is 10.0. The number of rotatable bonds is 4. The molecule has 0 spiro atoms. The molecule has 4 heteroatoms. The second-order valence-electron chi connectivity index (χ2n) is 3.16. The average Bonchev–Trinajstić information content (AvgIpc) is 1.79. The molecule has 0 rings (SSSR count). The maximum Gasteiger partial charge on any atom is 0.137 e. The molecule has 0 saturated heterocycles. The Morgan fingerprint density at radius 2 is 0.714 bits per heavy atom. The van der Waals surface area contributed by atoms with Crippen LogP contribution >= 0.6 is 0 Å². The van der Waals surface area contributed by atoms with Gasteiger partial charge in [-0.15, -0.1) is 0 Å². The highest BCUT2D eigenvalue weighted by Gasteiger charge is 1.95. The minimum absolute atomic E-state index is 0.0625. The quantitative estimate of drug-likeness (QED) is 0.637. The van der Waals surface area contributed by atoms with E-state index in [4.69, 9.17) is 0 Å². The molecule has 0 radical (unpaired) electrons. The molecule has 0 fully saturated rings. The van der Waals surface area contributed by atoms with Crippen molar-refractivity contribution in [1.29, 1.82) is 0 Å². The summed E-state index contributed by atoms with van der Waals surface area (Å²) in [5.41, 5.74) is 0. The fourth-order valence-corrected chi connectivity index (χ4v) is 0.701. The Bertz CT molecular complexity index is 191. The van der Waals surface area contributed by atoms with Gasteiger partial charge in [0.25, 0.3) is 0 Å². The highest BCUT2D eigenvalue weighted by atomic mass is 16.2. The van der Waals surface area contributed by atoms with E-state index in [1.54, 1.807) is 0 Å². The lowest BCUT2D eigenvalue weighted by atomic mass is 10.2. The first-order valence-corrected chi connectivity index (χ1v) is 4.23. The van der Waals surface area contributed by atoms with Gasteiger partial charge in [0.05, 0.1) is 12.8 Å². The molecule has 0 atom stereocenters. The lowest BCUT2D eigenvalue weighted by molar-refractivity contribution is -0.126. The van der Waals surface area contributed by atoms with E-state index in [0.717, 1.165) is 0 Å². The molecule has 0 aromatic rings. The van der Waals surface area contributed by atoms with Crippen molar-refractivity contribution in [1.82, 2.24) is 0 Å². The minimum atomic E-state index is -0.0625. The zero-order chi connectivity index (χ0) is 11.7. The molecule has 0 aromatic heterocycles. The van der Waals surface area contributed by atoms with Gasteiger partial charge < -0.3 is 0 Å². The number of ketones is 4. The summed E-state index contributed by atoms with van der Waals surface area (Å²) in [6.45, 7) is 5.62. The number of carbonyl (C=O) groups excluding carboxylic acids is 4. The van der Waals surface area contributed by atoms with Gasteiger partial charge in [-0.3, -0.25) is 19.2 Å². The van der Waals surface area contributed by atoms with Crippen molar-refractivity contribution in [2.75, 3.05) is 0 Å². The van der Waals surface area contributed by atoms with Crippen LogP contribution in [0.1, 0.15) is 40.5 Å². The summed E-state index contributed by atoms with van der Waals surface area (Å²) in [5.74, 6) is -0.250. The molecule has 0 aliphatic rings. The Labute approximate surface area is 83.7 Å². The van der Waals surface area contributed by atoms with E-state index in [-0.39, 0.29) is 36.0 Å². The van der Waals surface area contributed by atoms with E-state index in [9.17, 15) is 19.2 Å². The van der Waals surface area contributed by atoms with Crippen molar-refractivity contribution in [2.24, 2.45) is 0 Å². The maximum absolute atomic E-state index is 10.0. The largest absolute Gasteiger partial charge is 0.300 e. The molecule has 14 heavy (non-hydrogen) atoms. The van der Waals surface area contributed by atoms with Crippen LogP contribution in [0.5, 0.6) is 0 Å². The van der Waals surface area contributed by atoms with Crippen LogP contribution in [0, 0.1) is 0 Å². The fraction of sp³-hybridized carbons (Fsp3) is 0.600. The summed E-state index contributed by atoms with van der Waals surface area (Å²) in [7, 11) is 0. The Kier molecular flexibility index (Phi) is 8.98. The second kappa shape index (κ2) is 8.29. The van der Waals surface area contributed by atoms with E-state index in [1.165, 1.54) is 27.7 Å². The number of carbonyl (C=O) groups is 4. The van der Waals surface area contributed by atoms with Crippen molar-refractivity contribution in [3.8, 4) is 0 Å². The summed E-state index contributed by atoms with van der Waals surface area (Å²) in [6.07, 6.45) is 0.167. The molecule has 0 bridgehead atoms. The summed E-state index contributed by atoms with van der Waals surface area (Å²) >= 11 is 0. The minimum Gasteiger partial charge on any atom is -0.300 e. The van der Waals surface area contributed by atoms with Crippen molar-refractivity contribution < 1.29 is 19.2 Å². The van der Waals surface area contributed by atoms with Crippen molar-refractivity contribution in [3.05, 3.63) is 0 Å². The predicted molar refractivity (Wildman–Crippen MR) is 52.0 cm³/mol. The van der Waals surface area contributed by atoms with Crippen LogP contribution < -0.4 is 0 Å². The average molecular weight is 200 g/mol. The van der Waals surface area contributed by atoms with E-state index >= 15 is 0 Å². The zero-order valence-corrected chi connectivity index (χ0v) is 9.05. The summed E-state index contributed by atoms with van der Waals surface area (Å²) < 4.78 is 0. The normalized spacial score (nSPS) is 8.29. The molecule has 0 aliphatic carbocycles. The third-order valence-corrected chi connectivity index (χ3v) is 0.996. The monoisotopic (exact) mass is 200 g/mol. The van der Waals surface area contributed by atoms with Crippen LogP contribution in [0.2, 0.25) is 0 Å². The number of hydrogen-bond acceptors (Lipinski definition) is 4. The van der Waals surface area contributed by atoms with Crippen LogP contribution in [0.15, 0.2) is 0 Å². The molecular formula is C10H16O4. The first kappa shape index (κ1) is 15.2. The van der Waals surface area contributed by atoms with Crippen LogP contribution in [0.3, 0.4) is 0 Å². The molecule has 0 unspecified atom stereocenters. The van der Waals surface area contributed by atoms with Crippen molar-refractivity contribution in [3.63, 3.8) is 0 Å². The zero-order valence-electron chi connectivity index (χ0n) is 9.05. The van der Waals surface area contributed by atoms with Crippen LogP contribution in [0.25, 0.3) is 0 Å². The van der Waals surface area contributed by atoms with Crippen molar-refractivity contribution >= 4 is 23.1 Å². The predicted octanol–water partition coefficient (Wildman–Crippen LogP) is 1.11. The molecular weight excluding hydrogens is 184 g/mol. The van der Waals surface area contributed by atoms with Crippen LogP contribution in [-0.2, 0) is 19.2 Å². The SMILES string of the molecule is CC(=O)CC(C)=O.CC(=O)CC(C)=O. The van der Waals surface area contributed by atoms with E-state index < -0.39 is 0 Å². The Morgan fingerprint density at radius 3 is 0.714 bits per heavy atom. The van der Waals surface area contributed by atoms with Crippen LogP contribution in [0.4, 0.5) is 0 Å². The van der Waals surface area contributed by atoms with Gasteiger partial charge in [-0.25, -0.2) is 0 Å². The third-order valence-electron chi connectivity index (χ3n) is 0.996. The fourth-order valence-electron chi connectivity index (χ4n) is 0.701. The Hall–Kier alpha value is -1.32. The molecule has 4 nitrogen and oxygen atoms in total. The van der Waals surface area contributed by atoms with Gasteiger partial charge >= 0.3 is 0 Å². The molecule has 80 valence electrons. The summed E-state index contributed by atoms with van der Waals surface area (Å²) in [5, 5.41) is 0. The van der Waals surface area contributed by atoms with E-state index in [1.807, 2.05) is 0 Å². The van der Waals surface area contributed by atoms with Gasteiger partial charge in [-0.2, -0.15) is 0 Å². The molecule has 0 aliphatic heterocycles. The second-order valence-corrected chi connectivity index (χ2v) is 3.16. The molecule has 0 amide bonds. The molecule has 0 N–H and O–H groups in total. The summed E-state index contributed by atoms with van der Waals surface area (Å²) in [4.78, 5) is 40.1. The highest BCUT2D eigenvalue weighted by Crippen LogP contribution is 1.80. The summed E-state index contributed by atoms with van der Waals surface area (Å²) in [6, 6.07) is 0. The van der Waals surface area contributed by atoms with Gasteiger partial charge in [0.1, 0.15) is 23.1 Å². The van der Waals surface area contributed by atoms with Gasteiger partial charge in [0, 0.05) is 0 Å². The first-order chi connectivity index (χ1) is 6.25.